The van der Waals surface area contributed by atoms with E-state index >= 15 is 0 Å². The van der Waals surface area contributed by atoms with Crippen LogP contribution in [0.4, 0.5) is 0 Å². The molecule has 0 aliphatic carbocycles. The lowest BCUT2D eigenvalue weighted by Gasteiger charge is -2.43. The minimum atomic E-state index is 0. The van der Waals surface area contributed by atoms with Crippen molar-refractivity contribution in [3.05, 3.63) is 0 Å². The van der Waals surface area contributed by atoms with Crippen molar-refractivity contribution in [3.63, 3.8) is 0 Å². The molecule has 0 amide bonds. The zero-order chi connectivity index (χ0) is 19.8. The van der Waals surface area contributed by atoms with Crippen molar-refractivity contribution in [2.24, 2.45) is 10.9 Å². The highest BCUT2D eigenvalue weighted by molar-refractivity contribution is 14.0. The molecule has 3 aliphatic rings. The molecule has 2 unspecified atom stereocenters. The Hall–Kier alpha value is 0.190. The van der Waals surface area contributed by atoms with Crippen LogP contribution in [0.5, 0.6) is 0 Å². The first-order valence-electron chi connectivity index (χ1n) is 10.8. The van der Waals surface area contributed by atoms with Crippen molar-refractivity contribution >= 4 is 41.7 Å². The van der Waals surface area contributed by atoms with E-state index in [1.165, 1.54) is 17.9 Å². The Morgan fingerprint density at radius 2 is 1.72 bits per heavy atom. The van der Waals surface area contributed by atoms with Gasteiger partial charge in [-0.25, -0.2) is 0 Å². The minimum absolute atomic E-state index is 0. The maximum Gasteiger partial charge on any atom is 0.191 e. The summed E-state index contributed by atoms with van der Waals surface area (Å²) in [6, 6.07) is 0.498. The van der Waals surface area contributed by atoms with Gasteiger partial charge in [0.2, 0.25) is 0 Å². The molecule has 0 spiro atoms. The summed E-state index contributed by atoms with van der Waals surface area (Å²) in [4.78, 5) is 9.70. The van der Waals surface area contributed by atoms with Crippen LogP contribution in [-0.2, 0) is 9.47 Å². The van der Waals surface area contributed by atoms with Crippen LogP contribution in [0.15, 0.2) is 4.99 Å². The Bertz CT molecular complexity index is 493. The molecule has 0 saturated carbocycles. The molecule has 29 heavy (non-hydrogen) atoms. The molecule has 0 radical (unpaired) electrons. The number of hydrogen-bond donors (Lipinski definition) is 2. The van der Waals surface area contributed by atoms with Crippen LogP contribution in [0.2, 0.25) is 0 Å². The van der Waals surface area contributed by atoms with Gasteiger partial charge in [-0.3, -0.25) is 14.8 Å². The Balaban J connectivity index is 0.00000300. The van der Waals surface area contributed by atoms with Gasteiger partial charge < -0.3 is 20.1 Å². The zero-order valence-electron chi connectivity index (χ0n) is 18.3. The van der Waals surface area contributed by atoms with Gasteiger partial charge in [-0.2, -0.15) is 11.8 Å². The molecule has 7 nitrogen and oxygen atoms in total. The van der Waals surface area contributed by atoms with Gasteiger partial charge in [-0.1, -0.05) is 13.8 Å². The highest BCUT2D eigenvalue weighted by atomic mass is 127. The summed E-state index contributed by atoms with van der Waals surface area (Å²) >= 11 is 2.07. The van der Waals surface area contributed by atoms with E-state index in [0.29, 0.717) is 12.0 Å². The van der Waals surface area contributed by atoms with Gasteiger partial charge >= 0.3 is 0 Å². The molecule has 170 valence electrons. The van der Waals surface area contributed by atoms with E-state index in [1.54, 1.807) is 0 Å². The van der Waals surface area contributed by atoms with Crippen LogP contribution >= 0.6 is 35.7 Å². The molecule has 0 aromatic heterocycles. The lowest BCUT2D eigenvalue weighted by Crippen LogP contribution is -2.60. The Morgan fingerprint density at radius 3 is 2.28 bits per heavy atom. The SMILES string of the molecule is CN=C(NCC(C(C)C)N1CCOCC1)NCC1(N2CCOCC2)CCSC1.I. The standard InChI is InChI=1S/C20H39N5O2S.HI/c1-17(2)18(24-5-9-26-10-6-24)14-22-19(21-3)23-15-20(4-13-28-16-20)25-7-11-27-12-8-25;/h17-18H,4-16H2,1-3H3,(H2,21,22,23);1H. The molecule has 3 rings (SSSR count). The second-order valence-electron chi connectivity index (χ2n) is 8.39. The molecule has 3 aliphatic heterocycles. The van der Waals surface area contributed by atoms with Crippen molar-refractivity contribution in [2.75, 3.05) is 84.2 Å². The topological polar surface area (TPSA) is 61.4 Å². The summed E-state index contributed by atoms with van der Waals surface area (Å²) in [6.45, 7) is 14.0. The molecular formula is C20H40IN5O2S. The van der Waals surface area contributed by atoms with E-state index in [2.05, 4.69) is 51.0 Å². The summed E-state index contributed by atoms with van der Waals surface area (Å²) in [6.07, 6.45) is 1.24. The summed E-state index contributed by atoms with van der Waals surface area (Å²) in [5.41, 5.74) is 0.230. The number of morpholine rings is 2. The maximum absolute atomic E-state index is 5.58. The molecule has 3 heterocycles. The van der Waals surface area contributed by atoms with Crippen LogP contribution in [0.3, 0.4) is 0 Å². The fraction of sp³-hybridized carbons (Fsp3) is 0.950. The number of nitrogens with zero attached hydrogens (tertiary/aromatic N) is 3. The van der Waals surface area contributed by atoms with Crippen molar-refractivity contribution in [2.45, 2.75) is 31.8 Å². The van der Waals surface area contributed by atoms with Crippen LogP contribution in [0.1, 0.15) is 20.3 Å². The molecule has 3 saturated heterocycles. The van der Waals surface area contributed by atoms with E-state index in [-0.39, 0.29) is 29.5 Å². The first kappa shape index (κ1) is 25.5. The first-order valence-corrected chi connectivity index (χ1v) is 12.0. The number of halogens is 1. The largest absolute Gasteiger partial charge is 0.379 e. The highest BCUT2D eigenvalue weighted by Gasteiger charge is 2.40. The summed E-state index contributed by atoms with van der Waals surface area (Å²) in [7, 11) is 1.87. The average Bonchev–Trinajstić information content (AvgIpc) is 3.22. The number of nitrogens with one attached hydrogen (secondary N) is 2. The molecular weight excluding hydrogens is 501 g/mol. The second-order valence-corrected chi connectivity index (χ2v) is 9.50. The molecule has 2 atom stereocenters. The van der Waals surface area contributed by atoms with Gasteiger partial charge in [0.15, 0.2) is 5.96 Å². The number of aliphatic imine (C=N–C) groups is 1. The Morgan fingerprint density at radius 1 is 1.07 bits per heavy atom. The molecule has 9 heteroatoms. The predicted molar refractivity (Wildman–Crippen MR) is 133 cm³/mol. The second kappa shape index (κ2) is 12.9. The molecule has 0 bridgehead atoms. The van der Waals surface area contributed by atoms with Crippen molar-refractivity contribution < 1.29 is 9.47 Å². The van der Waals surface area contributed by atoms with Crippen LogP contribution in [0.25, 0.3) is 0 Å². The summed E-state index contributed by atoms with van der Waals surface area (Å²) in [5, 5.41) is 7.25. The van der Waals surface area contributed by atoms with Crippen molar-refractivity contribution in [3.8, 4) is 0 Å². The average molecular weight is 542 g/mol. The van der Waals surface area contributed by atoms with Gasteiger partial charge in [0.25, 0.3) is 0 Å². The fourth-order valence-electron chi connectivity index (χ4n) is 4.50. The monoisotopic (exact) mass is 541 g/mol. The van der Waals surface area contributed by atoms with E-state index in [0.717, 1.165) is 71.7 Å². The first-order chi connectivity index (χ1) is 13.6. The van der Waals surface area contributed by atoms with Gasteiger partial charge in [-0.15, -0.1) is 24.0 Å². The Kier molecular flexibility index (Phi) is 11.3. The zero-order valence-corrected chi connectivity index (χ0v) is 21.5. The van der Waals surface area contributed by atoms with Gasteiger partial charge in [0.1, 0.15) is 0 Å². The molecule has 0 aromatic rings. The third-order valence-electron chi connectivity index (χ3n) is 6.34. The van der Waals surface area contributed by atoms with E-state index in [4.69, 9.17) is 9.47 Å². The number of thioether (sulfide) groups is 1. The normalized spacial score (nSPS) is 28.2. The minimum Gasteiger partial charge on any atom is -0.379 e. The van der Waals surface area contributed by atoms with Crippen LogP contribution in [0, 0.1) is 5.92 Å². The Labute approximate surface area is 198 Å². The highest BCUT2D eigenvalue weighted by Crippen LogP contribution is 2.33. The third-order valence-corrected chi connectivity index (χ3v) is 7.57. The summed E-state index contributed by atoms with van der Waals surface area (Å²) < 4.78 is 11.1. The number of guanidine groups is 1. The molecule has 3 fully saturated rings. The summed E-state index contributed by atoms with van der Waals surface area (Å²) in [5.74, 6) is 3.95. The van der Waals surface area contributed by atoms with Crippen molar-refractivity contribution in [1.29, 1.82) is 0 Å². The molecule has 2 N–H and O–H groups in total. The van der Waals surface area contributed by atoms with Gasteiger partial charge in [0, 0.05) is 63.6 Å². The van der Waals surface area contributed by atoms with Crippen LogP contribution in [-0.4, -0.2) is 112 Å². The van der Waals surface area contributed by atoms with E-state index in [9.17, 15) is 0 Å². The number of rotatable bonds is 7. The van der Waals surface area contributed by atoms with Crippen molar-refractivity contribution in [1.82, 2.24) is 20.4 Å². The van der Waals surface area contributed by atoms with Crippen LogP contribution < -0.4 is 10.6 Å². The maximum atomic E-state index is 5.58. The fourth-order valence-corrected chi connectivity index (χ4v) is 5.98. The van der Waals surface area contributed by atoms with Gasteiger partial charge in [0.05, 0.1) is 26.4 Å². The van der Waals surface area contributed by atoms with Gasteiger partial charge in [-0.05, 0) is 18.1 Å². The number of ether oxygens (including phenoxy) is 2. The molecule has 0 aromatic carbocycles. The smallest absolute Gasteiger partial charge is 0.191 e. The van der Waals surface area contributed by atoms with E-state index in [1.807, 2.05) is 7.05 Å². The third kappa shape index (κ3) is 7.10. The lowest BCUT2D eigenvalue weighted by atomic mass is 9.95. The number of hydrogen-bond acceptors (Lipinski definition) is 6. The lowest BCUT2D eigenvalue weighted by molar-refractivity contribution is -0.0120. The predicted octanol–water partition coefficient (Wildman–Crippen LogP) is 1.33. The van der Waals surface area contributed by atoms with E-state index < -0.39 is 0 Å². The quantitative estimate of drug-likeness (QED) is 0.287.